The summed E-state index contributed by atoms with van der Waals surface area (Å²) in [6, 6.07) is 4.15. The third-order valence-corrected chi connectivity index (χ3v) is 2.55. The minimum atomic E-state index is -1.71. The molecule has 0 bridgehead atoms. The number of rotatable bonds is 4. The molecule has 0 aliphatic rings. The van der Waals surface area contributed by atoms with Gasteiger partial charge in [-0.1, -0.05) is 6.07 Å². The van der Waals surface area contributed by atoms with Crippen LogP contribution in [0, 0.1) is 5.82 Å². The van der Waals surface area contributed by atoms with Gasteiger partial charge in [0.2, 0.25) is 0 Å². The van der Waals surface area contributed by atoms with Crippen molar-refractivity contribution in [1.29, 1.82) is 0 Å². The maximum Gasteiger partial charge on any atom is 0.334 e. The van der Waals surface area contributed by atoms with E-state index < -0.39 is 30.3 Å². The van der Waals surface area contributed by atoms with E-state index in [9.17, 15) is 14.0 Å². The Balaban J connectivity index is 2.71. The molecule has 0 heterocycles. The largest absolute Gasteiger partial charge is 0.479 e. The Morgan fingerprint density at radius 2 is 2.12 bits per heavy atom. The van der Waals surface area contributed by atoms with Crippen molar-refractivity contribution in [2.45, 2.75) is 6.10 Å². The van der Waals surface area contributed by atoms with E-state index in [-0.39, 0.29) is 10.0 Å². The fraction of sp³-hybridized carbons (Fsp3) is 0.200. The molecule has 5 nitrogen and oxygen atoms in total. The third-order valence-electron chi connectivity index (χ3n) is 1.94. The Hall–Kier alpha value is -1.47. The molecule has 1 atom stereocenters. The minimum Gasteiger partial charge on any atom is -0.479 e. The molecular weight excluding hydrogens is 297 g/mol. The summed E-state index contributed by atoms with van der Waals surface area (Å²) in [4.78, 5) is 21.8. The molecular formula is C10H9BrFNO4. The average molecular weight is 306 g/mol. The van der Waals surface area contributed by atoms with Crippen LogP contribution in [-0.2, 0) is 4.79 Å². The first-order valence-electron chi connectivity index (χ1n) is 4.56. The first-order chi connectivity index (χ1) is 7.93. The van der Waals surface area contributed by atoms with Gasteiger partial charge in [0.15, 0.2) is 6.10 Å². The number of amides is 1. The lowest BCUT2D eigenvalue weighted by Crippen LogP contribution is -2.36. The molecule has 3 N–H and O–H groups in total. The van der Waals surface area contributed by atoms with Crippen molar-refractivity contribution >= 4 is 27.8 Å². The fourth-order valence-electron chi connectivity index (χ4n) is 1.05. The predicted molar refractivity (Wildman–Crippen MR) is 60.1 cm³/mol. The Morgan fingerprint density at radius 3 is 2.71 bits per heavy atom. The van der Waals surface area contributed by atoms with Crippen LogP contribution in [0.1, 0.15) is 10.4 Å². The van der Waals surface area contributed by atoms with Crippen molar-refractivity contribution in [3.8, 4) is 0 Å². The molecule has 1 aromatic carbocycles. The molecule has 0 fully saturated rings. The average Bonchev–Trinajstić information content (AvgIpc) is 2.29. The number of carbonyl (C=O) groups is 2. The zero-order valence-corrected chi connectivity index (χ0v) is 10.1. The van der Waals surface area contributed by atoms with E-state index >= 15 is 0 Å². The summed E-state index contributed by atoms with van der Waals surface area (Å²) in [5.41, 5.74) is -0.225. The standard InChI is InChI=1S/C10H9BrFNO4/c11-6-3-1-2-5(8(6)12)9(15)13-4-7(14)10(16)17/h1-3,7,14H,4H2,(H,13,15)(H,16,17)/t7-/m0/s1. The van der Waals surface area contributed by atoms with E-state index in [0.717, 1.165) is 0 Å². The Kier molecular flexibility index (Phi) is 4.59. The first-order valence-corrected chi connectivity index (χ1v) is 5.36. The SMILES string of the molecule is O=C(NC[C@H](O)C(=O)O)c1cccc(Br)c1F. The number of aliphatic hydroxyl groups is 1. The molecule has 0 radical (unpaired) electrons. The molecule has 0 saturated carbocycles. The summed E-state index contributed by atoms with van der Waals surface area (Å²) in [7, 11) is 0. The van der Waals surface area contributed by atoms with Crippen LogP contribution in [0.4, 0.5) is 4.39 Å². The van der Waals surface area contributed by atoms with E-state index in [1.165, 1.54) is 18.2 Å². The summed E-state index contributed by atoms with van der Waals surface area (Å²) < 4.78 is 13.6. The van der Waals surface area contributed by atoms with Gasteiger partial charge in [0.05, 0.1) is 16.6 Å². The van der Waals surface area contributed by atoms with E-state index in [2.05, 4.69) is 21.2 Å². The quantitative estimate of drug-likeness (QED) is 0.766. The van der Waals surface area contributed by atoms with E-state index in [1.54, 1.807) is 0 Å². The first kappa shape index (κ1) is 13.6. The van der Waals surface area contributed by atoms with Gasteiger partial charge in [-0.25, -0.2) is 9.18 Å². The molecule has 0 aliphatic heterocycles. The second-order valence-electron chi connectivity index (χ2n) is 3.17. The molecule has 1 rings (SSSR count). The number of hydrogen-bond acceptors (Lipinski definition) is 3. The highest BCUT2D eigenvalue weighted by Gasteiger charge is 2.17. The number of halogens is 2. The summed E-state index contributed by atoms with van der Waals surface area (Å²) in [5.74, 6) is -2.99. The number of aliphatic hydroxyl groups excluding tert-OH is 1. The lowest BCUT2D eigenvalue weighted by atomic mass is 10.2. The van der Waals surface area contributed by atoms with E-state index in [0.29, 0.717) is 0 Å². The Bertz CT molecular complexity index is 452. The number of nitrogens with one attached hydrogen (secondary N) is 1. The summed E-state index contributed by atoms with van der Waals surface area (Å²) >= 11 is 2.92. The number of carbonyl (C=O) groups excluding carboxylic acids is 1. The highest BCUT2D eigenvalue weighted by atomic mass is 79.9. The van der Waals surface area contributed by atoms with E-state index in [1.807, 2.05) is 0 Å². The molecule has 92 valence electrons. The molecule has 0 aliphatic carbocycles. The highest BCUT2D eigenvalue weighted by Crippen LogP contribution is 2.18. The van der Waals surface area contributed by atoms with Gasteiger partial charge in [0.25, 0.3) is 5.91 Å². The number of carboxylic acid groups (broad SMARTS) is 1. The number of carboxylic acids is 1. The molecule has 1 amide bonds. The van der Waals surface area contributed by atoms with Gasteiger partial charge < -0.3 is 15.5 Å². The van der Waals surface area contributed by atoms with Gasteiger partial charge in [-0.05, 0) is 28.1 Å². The van der Waals surface area contributed by atoms with Gasteiger partial charge in [0, 0.05) is 0 Å². The van der Waals surface area contributed by atoms with Crippen LogP contribution in [-0.4, -0.2) is 34.7 Å². The fourth-order valence-corrected chi connectivity index (χ4v) is 1.42. The minimum absolute atomic E-state index is 0.129. The maximum atomic E-state index is 13.4. The zero-order chi connectivity index (χ0) is 13.0. The van der Waals surface area contributed by atoms with Crippen LogP contribution in [0.3, 0.4) is 0 Å². The van der Waals surface area contributed by atoms with Gasteiger partial charge in [-0.15, -0.1) is 0 Å². The molecule has 0 spiro atoms. The smallest absolute Gasteiger partial charge is 0.334 e. The number of benzene rings is 1. The third kappa shape index (κ3) is 3.50. The van der Waals surface area contributed by atoms with Crippen LogP contribution >= 0.6 is 15.9 Å². The zero-order valence-electron chi connectivity index (χ0n) is 8.48. The van der Waals surface area contributed by atoms with Crippen molar-refractivity contribution in [3.05, 3.63) is 34.1 Å². The summed E-state index contributed by atoms with van der Waals surface area (Å²) in [6.45, 7) is -0.486. The summed E-state index contributed by atoms with van der Waals surface area (Å²) in [6.07, 6.45) is -1.71. The van der Waals surface area contributed by atoms with Crippen LogP contribution in [0.5, 0.6) is 0 Å². The molecule has 0 aromatic heterocycles. The second-order valence-corrected chi connectivity index (χ2v) is 4.02. The topological polar surface area (TPSA) is 86.6 Å². The van der Waals surface area contributed by atoms with Crippen molar-refractivity contribution < 1.29 is 24.2 Å². The molecule has 1 aromatic rings. The number of aliphatic carboxylic acids is 1. The van der Waals surface area contributed by atoms with Gasteiger partial charge >= 0.3 is 5.97 Å². The monoisotopic (exact) mass is 305 g/mol. The molecule has 0 saturated heterocycles. The second kappa shape index (κ2) is 5.74. The van der Waals surface area contributed by atoms with Crippen LogP contribution in [0.25, 0.3) is 0 Å². The molecule has 7 heteroatoms. The van der Waals surface area contributed by atoms with Crippen molar-refractivity contribution in [3.63, 3.8) is 0 Å². The Morgan fingerprint density at radius 1 is 1.47 bits per heavy atom. The van der Waals surface area contributed by atoms with Crippen LogP contribution in [0.2, 0.25) is 0 Å². The van der Waals surface area contributed by atoms with Crippen molar-refractivity contribution in [1.82, 2.24) is 5.32 Å². The van der Waals surface area contributed by atoms with Crippen molar-refractivity contribution in [2.75, 3.05) is 6.54 Å². The Labute approximate surface area is 104 Å². The van der Waals surface area contributed by atoms with Crippen molar-refractivity contribution in [2.24, 2.45) is 0 Å². The summed E-state index contributed by atoms with van der Waals surface area (Å²) in [5, 5.41) is 19.4. The normalized spacial score (nSPS) is 11.9. The predicted octanol–water partition coefficient (Wildman–Crippen LogP) is 0.763. The highest BCUT2D eigenvalue weighted by molar-refractivity contribution is 9.10. The number of hydrogen-bond donors (Lipinski definition) is 3. The molecule has 17 heavy (non-hydrogen) atoms. The molecule has 0 unspecified atom stereocenters. The van der Waals surface area contributed by atoms with Gasteiger partial charge in [-0.2, -0.15) is 0 Å². The van der Waals surface area contributed by atoms with Crippen LogP contribution in [0.15, 0.2) is 22.7 Å². The van der Waals surface area contributed by atoms with Gasteiger partial charge in [0.1, 0.15) is 5.82 Å². The van der Waals surface area contributed by atoms with Gasteiger partial charge in [-0.3, -0.25) is 4.79 Å². The maximum absolute atomic E-state index is 13.4. The lowest BCUT2D eigenvalue weighted by molar-refractivity contribution is -0.146. The van der Waals surface area contributed by atoms with Crippen LogP contribution < -0.4 is 5.32 Å². The lowest BCUT2D eigenvalue weighted by Gasteiger charge is -2.08. The van der Waals surface area contributed by atoms with E-state index in [4.69, 9.17) is 10.2 Å².